The Morgan fingerprint density at radius 3 is 2.57 bits per heavy atom. The van der Waals surface area contributed by atoms with Crippen LogP contribution in [0, 0.1) is 0 Å². The fourth-order valence-electron chi connectivity index (χ4n) is 2.05. The van der Waals surface area contributed by atoms with E-state index in [4.69, 9.17) is 0 Å². The van der Waals surface area contributed by atoms with Crippen LogP contribution >= 0.6 is 31.9 Å². The number of fused-ring (bicyclic) bond motifs is 1. The summed E-state index contributed by atoms with van der Waals surface area (Å²) < 4.78 is 1.57. The average molecular weight is 406 g/mol. The number of pyridine rings is 1. The van der Waals surface area contributed by atoms with E-state index in [1.54, 1.807) is 18.3 Å². The van der Waals surface area contributed by atoms with Gasteiger partial charge in [0.1, 0.15) is 4.60 Å². The molecule has 1 N–H and O–H groups in total. The number of amides is 1. The van der Waals surface area contributed by atoms with Gasteiger partial charge in [-0.05, 0) is 63.1 Å². The number of nitrogens with zero attached hydrogens (tertiary/aromatic N) is 1. The van der Waals surface area contributed by atoms with Crippen molar-refractivity contribution in [1.29, 1.82) is 0 Å². The van der Waals surface area contributed by atoms with Crippen LogP contribution in [0.5, 0.6) is 0 Å². The monoisotopic (exact) mass is 404 g/mol. The smallest absolute Gasteiger partial charge is 0.258 e. The van der Waals surface area contributed by atoms with E-state index in [9.17, 15) is 4.79 Å². The van der Waals surface area contributed by atoms with Crippen LogP contribution in [0.1, 0.15) is 10.4 Å². The zero-order valence-corrected chi connectivity index (χ0v) is 14.0. The lowest BCUT2D eigenvalue weighted by Crippen LogP contribution is -2.12. The number of carbonyl (C=O) groups is 1. The normalized spacial score (nSPS) is 10.6. The van der Waals surface area contributed by atoms with Crippen LogP contribution in [0.3, 0.4) is 0 Å². The predicted octanol–water partition coefficient (Wildman–Crippen LogP) is 5.01. The van der Waals surface area contributed by atoms with Crippen LogP contribution < -0.4 is 5.32 Å². The Bertz CT molecular complexity index is 833. The summed E-state index contributed by atoms with van der Waals surface area (Å²) in [5, 5.41) is 5.07. The minimum Gasteiger partial charge on any atom is -0.322 e. The van der Waals surface area contributed by atoms with Gasteiger partial charge in [0.2, 0.25) is 0 Å². The Hall–Kier alpha value is -1.72. The maximum Gasteiger partial charge on any atom is 0.258 e. The van der Waals surface area contributed by atoms with E-state index in [1.165, 1.54) is 0 Å². The molecule has 0 aliphatic carbocycles. The van der Waals surface area contributed by atoms with Crippen LogP contribution in [0.15, 0.2) is 63.8 Å². The molecule has 3 aromatic rings. The second-order valence-corrected chi connectivity index (χ2v) is 6.17. The maximum atomic E-state index is 12.2. The van der Waals surface area contributed by atoms with Gasteiger partial charge in [-0.25, -0.2) is 4.98 Å². The quantitative estimate of drug-likeness (QED) is 0.608. The number of hydrogen-bond acceptors (Lipinski definition) is 2. The van der Waals surface area contributed by atoms with Gasteiger partial charge in [-0.15, -0.1) is 0 Å². The Morgan fingerprint density at radius 2 is 1.76 bits per heavy atom. The molecule has 3 nitrogen and oxygen atoms in total. The highest BCUT2D eigenvalue weighted by molar-refractivity contribution is 9.10. The molecule has 21 heavy (non-hydrogen) atoms. The first-order valence-electron chi connectivity index (χ1n) is 6.25. The lowest BCUT2D eigenvalue weighted by atomic mass is 10.1. The summed E-state index contributed by atoms with van der Waals surface area (Å²) in [5.41, 5.74) is 1.26. The molecule has 0 radical (unpaired) electrons. The third-order valence-electron chi connectivity index (χ3n) is 3.06. The van der Waals surface area contributed by atoms with Crippen LogP contribution in [-0.2, 0) is 0 Å². The Balaban J connectivity index is 1.90. The van der Waals surface area contributed by atoms with E-state index < -0.39 is 0 Å². The van der Waals surface area contributed by atoms with Gasteiger partial charge in [0.25, 0.3) is 5.91 Å². The van der Waals surface area contributed by atoms with Gasteiger partial charge in [-0.2, -0.15) is 0 Å². The largest absolute Gasteiger partial charge is 0.322 e. The molecule has 1 amide bonds. The van der Waals surface area contributed by atoms with Gasteiger partial charge in [-0.1, -0.05) is 28.1 Å². The third-order valence-corrected chi connectivity index (χ3v) is 4.19. The van der Waals surface area contributed by atoms with Crippen molar-refractivity contribution in [2.75, 3.05) is 5.32 Å². The van der Waals surface area contributed by atoms with Gasteiger partial charge in [-0.3, -0.25) is 4.79 Å². The molecule has 0 unspecified atom stereocenters. The van der Waals surface area contributed by atoms with Gasteiger partial charge >= 0.3 is 0 Å². The molecule has 0 spiro atoms. The summed E-state index contributed by atoms with van der Waals surface area (Å²) in [7, 11) is 0. The summed E-state index contributed by atoms with van der Waals surface area (Å²) in [6.45, 7) is 0. The van der Waals surface area contributed by atoms with Crippen molar-refractivity contribution in [1.82, 2.24) is 4.98 Å². The standard InChI is InChI=1S/C16H10Br2N2O/c17-12-5-3-11-9-13(6-4-10(11)8-12)20-16(21)14-2-1-7-19-15(14)18/h1-9H,(H,20,21). The highest BCUT2D eigenvalue weighted by atomic mass is 79.9. The maximum absolute atomic E-state index is 12.2. The van der Waals surface area contributed by atoms with Crippen molar-refractivity contribution < 1.29 is 4.79 Å². The molecule has 0 bridgehead atoms. The SMILES string of the molecule is O=C(Nc1ccc2cc(Br)ccc2c1)c1cccnc1Br. The number of rotatable bonds is 2. The van der Waals surface area contributed by atoms with E-state index in [2.05, 4.69) is 42.2 Å². The number of hydrogen-bond donors (Lipinski definition) is 1. The fraction of sp³-hybridized carbons (Fsp3) is 0. The van der Waals surface area contributed by atoms with Crippen LogP contribution in [0.2, 0.25) is 0 Å². The molecule has 3 rings (SSSR count). The van der Waals surface area contributed by atoms with E-state index in [-0.39, 0.29) is 5.91 Å². The third kappa shape index (κ3) is 3.14. The molecule has 104 valence electrons. The van der Waals surface area contributed by atoms with Gasteiger partial charge in [0.15, 0.2) is 0 Å². The zero-order valence-electron chi connectivity index (χ0n) is 10.8. The second kappa shape index (κ2) is 5.95. The number of halogens is 2. The molecule has 0 atom stereocenters. The van der Waals surface area contributed by atoms with Crippen molar-refractivity contribution >= 4 is 54.2 Å². The molecule has 0 saturated heterocycles. The fourth-order valence-corrected chi connectivity index (χ4v) is 2.86. The number of nitrogens with one attached hydrogen (secondary N) is 1. The van der Waals surface area contributed by atoms with Crippen molar-refractivity contribution in [2.45, 2.75) is 0 Å². The molecule has 0 aliphatic rings. The summed E-state index contributed by atoms with van der Waals surface area (Å²) in [5.74, 6) is -0.188. The van der Waals surface area contributed by atoms with E-state index >= 15 is 0 Å². The first-order valence-corrected chi connectivity index (χ1v) is 7.83. The summed E-state index contributed by atoms with van der Waals surface area (Å²) in [6, 6.07) is 15.3. The topological polar surface area (TPSA) is 42.0 Å². The van der Waals surface area contributed by atoms with Gasteiger partial charge < -0.3 is 5.32 Å². The number of anilines is 1. The second-order valence-electron chi connectivity index (χ2n) is 4.50. The van der Waals surface area contributed by atoms with Crippen molar-refractivity contribution in [3.05, 3.63) is 69.4 Å². The van der Waals surface area contributed by atoms with Crippen LogP contribution in [-0.4, -0.2) is 10.9 Å². The minimum absolute atomic E-state index is 0.188. The van der Waals surface area contributed by atoms with Crippen LogP contribution in [0.4, 0.5) is 5.69 Å². The average Bonchev–Trinajstić information content (AvgIpc) is 2.48. The molecule has 5 heteroatoms. The van der Waals surface area contributed by atoms with E-state index in [0.29, 0.717) is 10.2 Å². The Morgan fingerprint density at radius 1 is 1.00 bits per heavy atom. The van der Waals surface area contributed by atoms with Crippen molar-refractivity contribution in [3.63, 3.8) is 0 Å². The Labute approximate surface area is 138 Å². The van der Waals surface area contributed by atoms with E-state index in [0.717, 1.165) is 20.9 Å². The molecule has 2 aromatic carbocycles. The number of carbonyl (C=O) groups excluding carboxylic acids is 1. The number of benzene rings is 2. The highest BCUT2D eigenvalue weighted by Crippen LogP contribution is 2.23. The summed E-state index contributed by atoms with van der Waals surface area (Å²) >= 11 is 6.73. The lowest BCUT2D eigenvalue weighted by molar-refractivity contribution is 0.102. The first kappa shape index (κ1) is 14.2. The highest BCUT2D eigenvalue weighted by Gasteiger charge is 2.10. The molecule has 0 fully saturated rings. The first-order chi connectivity index (χ1) is 10.1. The predicted molar refractivity (Wildman–Crippen MR) is 91.5 cm³/mol. The van der Waals surface area contributed by atoms with Crippen molar-refractivity contribution in [2.24, 2.45) is 0 Å². The van der Waals surface area contributed by atoms with Gasteiger partial charge in [0.05, 0.1) is 5.56 Å². The summed E-state index contributed by atoms with van der Waals surface area (Å²) in [4.78, 5) is 16.3. The summed E-state index contributed by atoms with van der Waals surface area (Å²) in [6.07, 6.45) is 1.63. The van der Waals surface area contributed by atoms with Crippen molar-refractivity contribution in [3.8, 4) is 0 Å². The zero-order chi connectivity index (χ0) is 14.8. The lowest BCUT2D eigenvalue weighted by Gasteiger charge is -2.07. The Kier molecular flexibility index (Phi) is 4.03. The molecule has 1 heterocycles. The molecule has 0 aliphatic heterocycles. The van der Waals surface area contributed by atoms with Gasteiger partial charge in [0, 0.05) is 16.4 Å². The number of aromatic nitrogens is 1. The molecule has 1 aromatic heterocycles. The van der Waals surface area contributed by atoms with E-state index in [1.807, 2.05) is 36.4 Å². The molecular formula is C16H10Br2N2O. The minimum atomic E-state index is -0.188. The molecule has 0 saturated carbocycles. The molecular weight excluding hydrogens is 396 g/mol. The van der Waals surface area contributed by atoms with Crippen LogP contribution in [0.25, 0.3) is 10.8 Å².